The van der Waals surface area contributed by atoms with Crippen LogP contribution in [0.2, 0.25) is 0 Å². The lowest BCUT2D eigenvalue weighted by Crippen LogP contribution is -2.44. The lowest BCUT2D eigenvalue weighted by Gasteiger charge is -2.35. The molecule has 1 heterocycles. The fourth-order valence-electron chi connectivity index (χ4n) is 2.27. The van der Waals surface area contributed by atoms with Crippen molar-refractivity contribution in [2.45, 2.75) is 58.2 Å². The minimum absolute atomic E-state index is 0.148. The van der Waals surface area contributed by atoms with Crippen LogP contribution in [0.3, 0.4) is 0 Å². The van der Waals surface area contributed by atoms with Crippen LogP contribution < -0.4 is 0 Å². The summed E-state index contributed by atoms with van der Waals surface area (Å²) < 4.78 is 12.2. The third-order valence-electron chi connectivity index (χ3n) is 4.07. The van der Waals surface area contributed by atoms with E-state index in [4.69, 9.17) is 9.31 Å². The van der Waals surface area contributed by atoms with Crippen molar-refractivity contribution in [3.05, 3.63) is 23.7 Å². The molecule has 0 aromatic rings. The standard InChI is InChI=1S/C13H21BO2/c1-5-13(4)12(2,3)15-14(16-13)11-9-7-6-8-10-11/h6-7,9H,5,8,10H2,1-4H3. The molecule has 1 aliphatic heterocycles. The van der Waals surface area contributed by atoms with E-state index < -0.39 is 0 Å². The van der Waals surface area contributed by atoms with Crippen molar-refractivity contribution in [1.29, 1.82) is 0 Å². The number of hydrogen-bond donors (Lipinski definition) is 0. The van der Waals surface area contributed by atoms with E-state index in [0.717, 1.165) is 19.3 Å². The first-order valence-electron chi connectivity index (χ1n) is 6.20. The van der Waals surface area contributed by atoms with Crippen molar-refractivity contribution < 1.29 is 9.31 Å². The van der Waals surface area contributed by atoms with Gasteiger partial charge in [-0.3, -0.25) is 0 Å². The van der Waals surface area contributed by atoms with Gasteiger partial charge >= 0.3 is 7.12 Å². The number of rotatable bonds is 2. The molecule has 1 atom stereocenters. The maximum atomic E-state index is 6.13. The van der Waals surface area contributed by atoms with E-state index in [0.29, 0.717) is 0 Å². The maximum absolute atomic E-state index is 6.13. The van der Waals surface area contributed by atoms with Crippen molar-refractivity contribution in [2.75, 3.05) is 0 Å². The van der Waals surface area contributed by atoms with Crippen molar-refractivity contribution in [2.24, 2.45) is 0 Å². The number of allylic oxidation sites excluding steroid dienone is 4. The molecule has 16 heavy (non-hydrogen) atoms. The van der Waals surface area contributed by atoms with Crippen LogP contribution in [0.25, 0.3) is 0 Å². The topological polar surface area (TPSA) is 18.5 Å². The van der Waals surface area contributed by atoms with Crippen LogP contribution in [-0.4, -0.2) is 18.3 Å². The summed E-state index contributed by atoms with van der Waals surface area (Å²) >= 11 is 0. The largest absolute Gasteiger partial charge is 0.490 e. The van der Waals surface area contributed by atoms with Crippen LogP contribution in [0.5, 0.6) is 0 Å². The lowest BCUT2D eigenvalue weighted by atomic mass is 9.74. The van der Waals surface area contributed by atoms with Gasteiger partial charge in [-0.1, -0.05) is 25.2 Å². The molecule has 2 nitrogen and oxygen atoms in total. The zero-order valence-corrected chi connectivity index (χ0v) is 10.7. The Hall–Kier alpha value is -0.535. The summed E-state index contributed by atoms with van der Waals surface area (Å²) in [5.74, 6) is 0. The van der Waals surface area contributed by atoms with Crippen LogP contribution in [0.1, 0.15) is 47.0 Å². The molecule has 2 aliphatic rings. The SMILES string of the molecule is CCC1(C)OB(C2=CC=CCC2)OC1(C)C. The first-order chi connectivity index (χ1) is 7.48. The molecule has 0 radical (unpaired) electrons. The van der Waals surface area contributed by atoms with E-state index in [1.54, 1.807) is 0 Å². The van der Waals surface area contributed by atoms with E-state index in [2.05, 4.69) is 45.9 Å². The Morgan fingerprint density at radius 1 is 1.31 bits per heavy atom. The fourth-order valence-corrected chi connectivity index (χ4v) is 2.27. The Kier molecular flexibility index (Phi) is 3.02. The van der Waals surface area contributed by atoms with Gasteiger partial charge < -0.3 is 9.31 Å². The summed E-state index contributed by atoms with van der Waals surface area (Å²) in [5, 5.41) is 0. The highest BCUT2D eigenvalue weighted by Gasteiger charge is 2.53. The molecule has 1 fully saturated rings. The first-order valence-corrected chi connectivity index (χ1v) is 6.20. The molecule has 0 spiro atoms. The molecule has 0 saturated carbocycles. The van der Waals surface area contributed by atoms with Gasteiger partial charge in [0.2, 0.25) is 0 Å². The molecule has 1 saturated heterocycles. The Balaban J connectivity index is 2.17. The van der Waals surface area contributed by atoms with E-state index in [1.165, 1.54) is 5.47 Å². The summed E-state index contributed by atoms with van der Waals surface area (Å²) in [6.45, 7) is 8.54. The van der Waals surface area contributed by atoms with Gasteiger partial charge in [-0.2, -0.15) is 0 Å². The zero-order valence-electron chi connectivity index (χ0n) is 10.7. The highest BCUT2D eigenvalue weighted by atomic mass is 16.7. The molecule has 1 aliphatic carbocycles. The summed E-state index contributed by atoms with van der Waals surface area (Å²) in [7, 11) is -0.148. The molecule has 0 bridgehead atoms. The van der Waals surface area contributed by atoms with Gasteiger partial charge in [0, 0.05) is 0 Å². The highest BCUT2D eigenvalue weighted by Crippen LogP contribution is 2.41. The number of hydrogen-bond acceptors (Lipinski definition) is 2. The second-order valence-corrected chi connectivity index (χ2v) is 5.37. The van der Waals surface area contributed by atoms with Gasteiger partial charge in [-0.05, 0) is 45.5 Å². The van der Waals surface area contributed by atoms with Crippen molar-refractivity contribution in [3.63, 3.8) is 0 Å². The first kappa shape index (κ1) is 11.9. The van der Waals surface area contributed by atoms with Gasteiger partial charge in [0.25, 0.3) is 0 Å². The Morgan fingerprint density at radius 2 is 2.06 bits per heavy atom. The van der Waals surface area contributed by atoms with Crippen molar-refractivity contribution in [3.8, 4) is 0 Å². The Morgan fingerprint density at radius 3 is 2.56 bits per heavy atom. The maximum Gasteiger partial charge on any atom is 0.490 e. The van der Waals surface area contributed by atoms with E-state index in [9.17, 15) is 0 Å². The molecule has 3 heteroatoms. The summed E-state index contributed by atoms with van der Waals surface area (Å²) in [5.41, 5.74) is 0.876. The zero-order chi connectivity index (χ0) is 11.8. The van der Waals surface area contributed by atoms with Gasteiger partial charge in [0.15, 0.2) is 0 Å². The second-order valence-electron chi connectivity index (χ2n) is 5.37. The van der Waals surface area contributed by atoms with Crippen LogP contribution in [-0.2, 0) is 9.31 Å². The average Bonchev–Trinajstić information content (AvgIpc) is 2.52. The summed E-state index contributed by atoms with van der Waals surface area (Å²) in [6, 6.07) is 0. The molecule has 2 rings (SSSR count). The average molecular weight is 220 g/mol. The van der Waals surface area contributed by atoms with Crippen molar-refractivity contribution in [1.82, 2.24) is 0 Å². The van der Waals surface area contributed by atoms with E-state index >= 15 is 0 Å². The fraction of sp³-hybridized carbons (Fsp3) is 0.692. The predicted octanol–water partition coefficient (Wildman–Crippen LogP) is 3.28. The molecule has 0 aromatic carbocycles. The summed E-state index contributed by atoms with van der Waals surface area (Å²) in [4.78, 5) is 0. The lowest BCUT2D eigenvalue weighted by molar-refractivity contribution is -0.0118. The predicted molar refractivity (Wildman–Crippen MR) is 67.2 cm³/mol. The van der Waals surface area contributed by atoms with E-state index in [-0.39, 0.29) is 18.3 Å². The minimum atomic E-state index is -0.214. The molecular weight excluding hydrogens is 199 g/mol. The molecule has 0 N–H and O–H groups in total. The van der Waals surface area contributed by atoms with Crippen LogP contribution in [0.4, 0.5) is 0 Å². The molecular formula is C13H21BO2. The van der Waals surface area contributed by atoms with E-state index in [1.807, 2.05) is 0 Å². The Labute approximate surface area is 98.8 Å². The monoisotopic (exact) mass is 220 g/mol. The molecule has 1 unspecified atom stereocenters. The smallest absolute Gasteiger partial charge is 0.400 e. The van der Waals surface area contributed by atoms with Crippen LogP contribution in [0.15, 0.2) is 23.7 Å². The minimum Gasteiger partial charge on any atom is -0.400 e. The third-order valence-corrected chi connectivity index (χ3v) is 4.07. The normalized spacial score (nSPS) is 33.0. The quantitative estimate of drug-likeness (QED) is 0.665. The molecule has 88 valence electrons. The third kappa shape index (κ3) is 1.87. The van der Waals surface area contributed by atoms with Crippen LogP contribution in [0, 0.1) is 0 Å². The molecule has 0 aromatic heterocycles. The van der Waals surface area contributed by atoms with Crippen molar-refractivity contribution >= 4 is 7.12 Å². The van der Waals surface area contributed by atoms with Gasteiger partial charge in [-0.15, -0.1) is 0 Å². The molecule has 0 amide bonds. The van der Waals surface area contributed by atoms with Gasteiger partial charge in [0.1, 0.15) is 0 Å². The van der Waals surface area contributed by atoms with Gasteiger partial charge in [-0.25, -0.2) is 0 Å². The second kappa shape index (κ2) is 4.04. The Bertz CT molecular complexity index is 333. The highest BCUT2D eigenvalue weighted by molar-refractivity contribution is 6.54. The summed E-state index contributed by atoms with van der Waals surface area (Å²) in [6.07, 6.45) is 9.53. The van der Waals surface area contributed by atoms with Crippen LogP contribution >= 0.6 is 0 Å². The van der Waals surface area contributed by atoms with Gasteiger partial charge in [0.05, 0.1) is 11.2 Å².